The first-order valence-corrected chi connectivity index (χ1v) is 6.96. The first-order chi connectivity index (χ1) is 10.2. The Balaban J connectivity index is 1.90. The van der Waals surface area contributed by atoms with E-state index in [4.69, 9.17) is 10.4 Å². The zero-order valence-electron chi connectivity index (χ0n) is 11.5. The molecule has 1 aliphatic heterocycles. The van der Waals surface area contributed by atoms with Gasteiger partial charge >= 0.3 is 5.97 Å². The highest BCUT2D eigenvalue weighted by Gasteiger charge is 2.19. The number of carboxylic acid groups (broad SMARTS) is 1. The molecule has 1 N–H and O–H groups in total. The van der Waals surface area contributed by atoms with Crippen LogP contribution in [0.25, 0.3) is 10.9 Å². The molecule has 0 spiro atoms. The van der Waals surface area contributed by atoms with E-state index < -0.39 is 5.97 Å². The van der Waals surface area contributed by atoms with Crippen molar-refractivity contribution in [3.05, 3.63) is 36.0 Å². The molecule has 0 amide bonds. The van der Waals surface area contributed by atoms with Gasteiger partial charge in [0.05, 0.1) is 11.6 Å². The van der Waals surface area contributed by atoms with E-state index in [-0.39, 0.29) is 11.6 Å². The van der Waals surface area contributed by atoms with Crippen LogP contribution in [-0.4, -0.2) is 29.1 Å². The molecular formula is C16H15N3O2. The fraction of sp³-hybridized carbons (Fsp3) is 0.312. The number of aromatic carboxylic acids is 1. The standard InChI is InChI=1S/C16H15N3O2/c17-10-11-5-7-19(8-6-11)13-3-1-12-2-4-14(16(20)21)18-15(12)9-13/h1-4,9,11H,5-8H2,(H,20,21). The second-order valence-corrected chi connectivity index (χ2v) is 5.27. The van der Waals surface area contributed by atoms with Gasteiger partial charge in [0.25, 0.3) is 0 Å². The molecule has 1 aromatic carbocycles. The molecule has 2 heterocycles. The van der Waals surface area contributed by atoms with E-state index in [1.54, 1.807) is 6.07 Å². The second-order valence-electron chi connectivity index (χ2n) is 5.27. The van der Waals surface area contributed by atoms with E-state index in [2.05, 4.69) is 16.0 Å². The SMILES string of the molecule is N#CC1CCN(c2ccc3ccc(C(=O)O)nc3c2)CC1. The fourth-order valence-electron chi connectivity index (χ4n) is 2.69. The molecule has 106 valence electrons. The van der Waals surface area contributed by atoms with Gasteiger partial charge in [-0.3, -0.25) is 0 Å². The van der Waals surface area contributed by atoms with Crippen molar-refractivity contribution in [3.8, 4) is 6.07 Å². The Morgan fingerprint density at radius 1 is 1.29 bits per heavy atom. The molecule has 0 atom stereocenters. The number of fused-ring (bicyclic) bond motifs is 1. The molecule has 21 heavy (non-hydrogen) atoms. The minimum Gasteiger partial charge on any atom is -0.477 e. The molecule has 2 aromatic rings. The summed E-state index contributed by atoms with van der Waals surface area (Å²) >= 11 is 0. The van der Waals surface area contributed by atoms with Crippen molar-refractivity contribution < 1.29 is 9.90 Å². The van der Waals surface area contributed by atoms with Gasteiger partial charge in [0, 0.05) is 30.1 Å². The number of benzene rings is 1. The highest BCUT2D eigenvalue weighted by atomic mass is 16.4. The zero-order chi connectivity index (χ0) is 14.8. The molecule has 5 heteroatoms. The molecule has 0 unspecified atom stereocenters. The first kappa shape index (κ1) is 13.4. The number of nitrogens with zero attached hydrogens (tertiary/aromatic N) is 3. The van der Waals surface area contributed by atoms with Crippen LogP contribution in [0.4, 0.5) is 5.69 Å². The Morgan fingerprint density at radius 3 is 2.67 bits per heavy atom. The second kappa shape index (κ2) is 5.41. The van der Waals surface area contributed by atoms with Crippen molar-refractivity contribution in [1.82, 2.24) is 4.98 Å². The third-order valence-corrected chi connectivity index (χ3v) is 3.94. The van der Waals surface area contributed by atoms with Crippen molar-refractivity contribution in [2.75, 3.05) is 18.0 Å². The van der Waals surface area contributed by atoms with E-state index in [0.717, 1.165) is 37.0 Å². The van der Waals surface area contributed by atoms with Gasteiger partial charge in [-0.25, -0.2) is 9.78 Å². The van der Waals surface area contributed by atoms with Gasteiger partial charge in [-0.2, -0.15) is 5.26 Å². The number of carboxylic acids is 1. The number of hydrogen-bond acceptors (Lipinski definition) is 4. The highest BCUT2D eigenvalue weighted by Crippen LogP contribution is 2.26. The minimum atomic E-state index is -1.02. The van der Waals surface area contributed by atoms with Crippen molar-refractivity contribution in [2.45, 2.75) is 12.8 Å². The minimum absolute atomic E-state index is 0.0582. The predicted molar refractivity (Wildman–Crippen MR) is 79.3 cm³/mol. The number of piperidine rings is 1. The average Bonchev–Trinajstić information content (AvgIpc) is 2.54. The number of nitriles is 1. The van der Waals surface area contributed by atoms with Crippen molar-refractivity contribution in [1.29, 1.82) is 5.26 Å². The van der Waals surface area contributed by atoms with Crippen LogP contribution in [0.2, 0.25) is 0 Å². The van der Waals surface area contributed by atoms with Crippen LogP contribution in [0.15, 0.2) is 30.3 Å². The zero-order valence-corrected chi connectivity index (χ0v) is 11.5. The van der Waals surface area contributed by atoms with E-state index >= 15 is 0 Å². The van der Waals surface area contributed by atoms with Crippen LogP contribution in [0.3, 0.4) is 0 Å². The Bertz CT molecular complexity index is 728. The number of pyridine rings is 1. The molecule has 0 bridgehead atoms. The quantitative estimate of drug-likeness (QED) is 0.915. The largest absolute Gasteiger partial charge is 0.477 e. The monoisotopic (exact) mass is 281 g/mol. The third-order valence-electron chi connectivity index (χ3n) is 3.94. The molecule has 1 fully saturated rings. The lowest BCUT2D eigenvalue weighted by Gasteiger charge is -2.31. The fourth-order valence-corrected chi connectivity index (χ4v) is 2.69. The molecule has 3 rings (SSSR count). The van der Waals surface area contributed by atoms with Crippen LogP contribution in [-0.2, 0) is 0 Å². The summed E-state index contributed by atoms with van der Waals surface area (Å²) in [7, 11) is 0. The molecular weight excluding hydrogens is 266 g/mol. The van der Waals surface area contributed by atoms with Crippen LogP contribution in [0.5, 0.6) is 0 Å². The van der Waals surface area contributed by atoms with Crippen LogP contribution < -0.4 is 4.90 Å². The van der Waals surface area contributed by atoms with Crippen LogP contribution in [0.1, 0.15) is 23.3 Å². The smallest absolute Gasteiger partial charge is 0.354 e. The number of rotatable bonds is 2. The summed E-state index contributed by atoms with van der Waals surface area (Å²) in [5.41, 5.74) is 1.78. The van der Waals surface area contributed by atoms with Gasteiger partial charge in [0.2, 0.25) is 0 Å². The van der Waals surface area contributed by atoms with Gasteiger partial charge in [0.1, 0.15) is 5.69 Å². The Kier molecular flexibility index (Phi) is 3.44. The molecule has 0 radical (unpaired) electrons. The summed E-state index contributed by atoms with van der Waals surface area (Å²) in [6.45, 7) is 1.70. The third kappa shape index (κ3) is 2.65. The van der Waals surface area contributed by atoms with E-state index in [1.165, 1.54) is 6.07 Å². The van der Waals surface area contributed by atoms with Gasteiger partial charge in [-0.1, -0.05) is 12.1 Å². The molecule has 5 nitrogen and oxygen atoms in total. The molecule has 1 aromatic heterocycles. The molecule has 1 saturated heterocycles. The predicted octanol–water partition coefficient (Wildman–Crippen LogP) is 2.67. The van der Waals surface area contributed by atoms with Gasteiger partial charge in [-0.05, 0) is 31.0 Å². The summed E-state index contributed by atoms with van der Waals surface area (Å²) in [5, 5.41) is 18.9. The Hall–Kier alpha value is -2.61. The highest BCUT2D eigenvalue weighted by molar-refractivity contribution is 5.90. The maximum atomic E-state index is 11.0. The van der Waals surface area contributed by atoms with Gasteiger partial charge in [0.15, 0.2) is 0 Å². The normalized spacial score (nSPS) is 15.9. The molecule has 0 aliphatic carbocycles. The lowest BCUT2D eigenvalue weighted by molar-refractivity contribution is 0.0691. The average molecular weight is 281 g/mol. The Morgan fingerprint density at radius 2 is 2.00 bits per heavy atom. The number of carbonyl (C=O) groups is 1. The van der Waals surface area contributed by atoms with Crippen LogP contribution >= 0.6 is 0 Å². The Labute approximate surface area is 122 Å². The first-order valence-electron chi connectivity index (χ1n) is 6.96. The van der Waals surface area contributed by atoms with E-state index in [9.17, 15) is 4.79 Å². The van der Waals surface area contributed by atoms with Gasteiger partial charge in [-0.15, -0.1) is 0 Å². The number of anilines is 1. The van der Waals surface area contributed by atoms with Crippen LogP contribution in [0, 0.1) is 17.2 Å². The van der Waals surface area contributed by atoms with Crippen molar-refractivity contribution in [2.24, 2.45) is 5.92 Å². The molecule has 0 saturated carbocycles. The summed E-state index contributed by atoms with van der Waals surface area (Å²) in [4.78, 5) is 17.4. The maximum absolute atomic E-state index is 11.0. The lowest BCUT2D eigenvalue weighted by atomic mass is 9.98. The topological polar surface area (TPSA) is 77.2 Å². The van der Waals surface area contributed by atoms with E-state index in [0.29, 0.717) is 5.52 Å². The van der Waals surface area contributed by atoms with Gasteiger partial charge < -0.3 is 10.0 Å². The van der Waals surface area contributed by atoms with Crippen molar-refractivity contribution >= 4 is 22.6 Å². The van der Waals surface area contributed by atoms with Crippen molar-refractivity contribution in [3.63, 3.8) is 0 Å². The maximum Gasteiger partial charge on any atom is 0.354 e. The number of aromatic nitrogens is 1. The summed E-state index contributed by atoms with van der Waals surface area (Å²) < 4.78 is 0. The molecule has 1 aliphatic rings. The van der Waals surface area contributed by atoms with E-state index in [1.807, 2.05) is 18.2 Å². The lowest BCUT2D eigenvalue weighted by Crippen LogP contribution is -2.33. The summed E-state index contributed by atoms with van der Waals surface area (Å²) in [6.07, 6.45) is 1.74. The summed E-state index contributed by atoms with van der Waals surface area (Å²) in [5.74, 6) is -0.865. The summed E-state index contributed by atoms with van der Waals surface area (Å²) in [6, 6.07) is 11.5. The number of hydrogen-bond donors (Lipinski definition) is 1.